The second-order valence-electron chi connectivity index (χ2n) is 5.57. The normalized spacial score (nSPS) is 17.8. The zero-order chi connectivity index (χ0) is 15.1. The minimum atomic E-state index is 0. The van der Waals surface area contributed by atoms with Gasteiger partial charge in [-0.05, 0) is 25.0 Å². The van der Waals surface area contributed by atoms with E-state index in [1.165, 1.54) is 5.56 Å². The molecule has 2 aromatic carbocycles. The first-order valence-electron chi connectivity index (χ1n) is 7.41. The van der Waals surface area contributed by atoms with E-state index in [0.717, 1.165) is 34.8 Å². The second-order valence-corrected chi connectivity index (χ2v) is 5.57. The van der Waals surface area contributed by atoms with E-state index in [9.17, 15) is 0 Å². The van der Waals surface area contributed by atoms with Crippen molar-refractivity contribution in [1.82, 2.24) is 0 Å². The SMILES string of the molecule is COc1c2c(cc3c1C(c1ccccc1)=NC(C)C3)OCO2.Cl. The molecular formula is C18H18ClNO3. The Kier molecular flexibility index (Phi) is 4.18. The Labute approximate surface area is 141 Å². The van der Waals surface area contributed by atoms with E-state index >= 15 is 0 Å². The number of ether oxygens (including phenoxy) is 3. The summed E-state index contributed by atoms with van der Waals surface area (Å²) in [4.78, 5) is 4.87. The molecule has 2 heterocycles. The third-order valence-corrected chi connectivity index (χ3v) is 4.05. The van der Waals surface area contributed by atoms with Crippen LogP contribution < -0.4 is 14.2 Å². The third-order valence-electron chi connectivity index (χ3n) is 4.05. The highest BCUT2D eigenvalue weighted by Gasteiger charge is 2.31. The van der Waals surface area contributed by atoms with Gasteiger partial charge in [0.15, 0.2) is 11.5 Å². The lowest BCUT2D eigenvalue weighted by Crippen LogP contribution is -2.20. The smallest absolute Gasteiger partial charge is 0.231 e. The molecule has 0 saturated carbocycles. The van der Waals surface area contributed by atoms with Gasteiger partial charge in [0.05, 0.1) is 18.9 Å². The number of fused-ring (bicyclic) bond motifs is 2. The van der Waals surface area contributed by atoms with Gasteiger partial charge in [0.2, 0.25) is 12.5 Å². The van der Waals surface area contributed by atoms with Gasteiger partial charge in [-0.25, -0.2) is 0 Å². The van der Waals surface area contributed by atoms with E-state index in [4.69, 9.17) is 19.2 Å². The van der Waals surface area contributed by atoms with Crippen LogP contribution in [0.15, 0.2) is 41.4 Å². The van der Waals surface area contributed by atoms with Gasteiger partial charge in [0.1, 0.15) is 0 Å². The minimum absolute atomic E-state index is 0. The fraction of sp³-hybridized carbons (Fsp3) is 0.278. The maximum absolute atomic E-state index is 5.66. The molecule has 5 heteroatoms. The van der Waals surface area contributed by atoms with Gasteiger partial charge in [-0.1, -0.05) is 30.3 Å². The van der Waals surface area contributed by atoms with Crippen molar-refractivity contribution in [2.24, 2.45) is 4.99 Å². The first kappa shape index (κ1) is 15.7. The summed E-state index contributed by atoms with van der Waals surface area (Å²) in [5.74, 6) is 2.16. The van der Waals surface area contributed by atoms with Crippen LogP contribution in [0.5, 0.6) is 17.2 Å². The lowest BCUT2D eigenvalue weighted by Gasteiger charge is -2.24. The van der Waals surface area contributed by atoms with E-state index in [1.54, 1.807) is 7.11 Å². The van der Waals surface area contributed by atoms with Crippen molar-refractivity contribution in [2.75, 3.05) is 13.9 Å². The quantitative estimate of drug-likeness (QED) is 0.843. The number of aliphatic imine (C=N–C) groups is 1. The molecule has 23 heavy (non-hydrogen) atoms. The van der Waals surface area contributed by atoms with Crippen LogP contribution in [0.1, 0.15) is 23.6 Å². The molecule has 0 aromatic heterocycles. The molecule has 0 aliphatic carbocycles. The zero-order valence-corrected chi connectivity index (χ0v) is 13.9. The number of methoxy groups -OCH3 is 1. The monoisotopic (exact) mass is 331 g/mol. The summed E-state index contributed by atoms with van der Waals surface area (Å²) in [5.41, 5.74) is 4.27. The number of hydrogen-bond acceptors (Lipinski definition) is 4. The number of nitrogens with zero attached hydrogens (tertiary/aromatic N) is 1. The van der Waals surface area contributed by atoms with Crippen LogP contribution in [-0.4, -0.2) is 25.7 Å². The Bertz CT molecular complexity index is 759. The van der Waals surface area contributed by atoms with E-state index in [1.807, 2.05) is 18.2 Å². The Morgan fingerprint density at radius 2 is 1.96 bits per heavy atom. The fourth-order valence-corrected chi connectivity index (χ4v) is 3.14. The van der Waals surface area contributed by atoms with E-state index < -0.39 is 0 Å². The van der Waals surface area contributed by atoms with Gasteiger partial charge in [-0.15, -0.1) is 12.4 Å². The molecule has 2 aliphatic heterocycles. The van der Waals surface area contributed by atoms with Gasteiger partial charge in [0.25, 0.3) is 0 Å². The average Bonchev–Trinajstić information content (AvgIpc) is 3.00. The maximum atomic E-state index is 5.66. The summed E-state index contributed by atoms with van der Waals surface area (Å²) < 4.78 is 16.8. The van der Waals surface area contributed by atoms with Crippen molar-refractivity contribution in [2.45, 2.75) is 19.4 Å². The molecule has 0 bridgehead atoms. The highest BCUT2D eigenvalue weighted by Crippen LogP contribution is 2.47. The van der Waals surface area contributed by atoms with Crippen molar-refractivity contribution < 1.29 is 14.2 Å². The van der Waals surface area contributed by atoms with Crippen LogP contribution in [0.3, 0.4) is 0 Å². The summed E-state index contributed by atoms with van der Waals surface area (Å²) >= 11 is 0. The van der Waals surface area contributed by atoms with Gasteiger partial charge in [-0.2, -0.15) is 0 Å². The molecule has 0 radical (unpaired) electrons. The number of halogens is 1. The standard InChI is InChI=1S/C18H17NO3.ClH/c1-11-8-13-9-14-17(22-10-21-14)18(20-2)15(13)16(19-11)12-6-4-3-5-7-12;/h3-7,9,11H,8,10H2,1-2H3;1H. The molecule has 0 fully saturated rings. The van der Waals surface area contributed by atoms with Crippen molar-refractivity contribution in [3.8, 4) is 17.2 Å². The van der Waals surface area contributed by atoms with Gasteiger partial charge < -0.3 is 14.2 Å². The molecule has 0 N–H and O–H groups in total. The summed E-state index contributed by atoms with van der Waals surface area (Å²) in [6.45, 7) is 2.37. The lowest BCUT2D eigenvalue weighted by molar-refractivity contribution is 0.171. The Morgan fingerprint density at radius 3 is 2.70 bits per heavy atom. The minimum Gasteiger partial charge on any atom is -0.492 e. The van der Waals surface area contributed by atoms with Crippen molar-refractivity contribution in [3.63, 3.8) is 0 Å². The Hall–Kier alpha value is -2.20. The van der Waals surface area contributed by atoms with Crippen molar-refractivity contribution in [3.05, 3.63) is 53.1 Å². The fourth-order valence-electron chi connectivity index (χ4n) is 3.14. The molecule has 4 nitrogen and oxygen atoms in total. The first-order chi connectivity index (χ1) is 10.8. The summed E-state index contributed by atoms with van der Waals surface area (Å²) in [5, 5.41) is 0. The number of hydrogen-bond donors (Lipinski definition) is 0. The highest BCUT2D eigenvalue weighted by molar-refractivity contribution is 6.16. The number of rotatable bonds is 2. The van der Waals surface area contributed by atoms with Crippen LogP contribution >= 0.6 is 12.4 Å². The maximum Gasteiger partial charge on any atom is 0.231 e. The molecule has 1 atom stereocenters. The van der Waals surface area contributed by atoms with E-state index in [0.29, 0.717) is 5.75 Å². The summed E-state index contributed by atoms with van der Waals surface area (Å²) in [6.07, 6.45) is 0.874. The molecule has 1 unspecified atom stereocenters. The van der Waals surface area contributed by atoms with E-state index in [-0.39, 0.29) is 25.2 Å². The van der Waals surface area contributed by atoms with Crippen LogP contribution in [0.4, 0.5) is 0 Å². The van der Waals surface area contributed by atoms with E-state index in [2.05, 4.69) is 25.1 Å². The van der Waals surface area contributed by atoms with Crippen molar-refractivity contribution >= 4 is 18.1 Å². The van der Waals surface area contributed by atoms with Gasteiger partial charge >= 0.3 is 0 Å². The van der Waals surface area contributed by atoms with Gasteiger partial charge in [-0.3, -0.25) is 4.99 Å². The molecule has 2 aliphatic rings. The predicted octanol–water partition coefficient (Wildman–Crippen LogP) is 3.63. The molecule has 4 rings (SSSR count). The highest BCUT2D eigenvalue weighted by atomic mass is 35.5. The molecule has 0 amide bonds. The third kappa shape index (κ3) is 2.53. The lowest BCUT2D eigenvalue weighted by atomic mass is 9.89. The molecule has 0 saturated heterocycles. The van der Waals surface area contributed by atoms with Gasteiger partial charge in [0, 0.05) is 11.1 Å². The van der Waals surface area contributed by atoms with Crippen molar-refractivity contribution in [1.29, 1.82) is 0 Å². The van der Waals surface area contributed by atoms with Crippen LogP contribution in [0.25, 0.3) is 0 Å². The predicted molar refractivity (Wildman–Crippen MR) is 91.6 cm³/mol. The van der Waals surface area contributed by atoms with Crippen LogP contribution in [0.2, 0.25) is 0 Å². The Morgan fingerprint density at radius 1 is 1.17 bits per heavy atom. The summed E-state index contributed by atoms with van der Waals surface area (Å²) in [6, 6.07) is 12.5. The Balaban J connectivity index is 0.00000156. The molecular weight excluding hydrogens is 314 g/mol. The average molecular weight is 332 g/mol. The molecule has 0 spiro atoms. The first-order valence-corrected chi connectivity index (χ1v) is 7.41. The number of benzene rings is 2. The summed E-state index contributed by atoms with van der Waals surface area (Å²) in [7, 11) is 1.66. The molecule has 120 valence electrons. The largest absolute Gasteiger partial charge is 0.492 e. The topological polar surface area (TPSA) is 40.0 Å². The molecule has 2 aromatic rings. The van der Waals surface area contributed by atoms with Crippen LogP contribution in [-0.2, 0) is 6.42 Å². The zero-order valence-electron chi connectivity index (χ0n) is 13.0. The van der Waals surface area contributed by atoms with Crippen LogP contribution in [0, 0.1) is 0 Å². The second kappa shape index (κ2) is 6.13.